The molecule has 0 spiro atoms. The van der Waals surface area contributed by atoms with E-state index in [9.17, 15) is 0 Å². The number of ether oxygens (including phenoxy) is 1. The van der Waals surface area contributed by atoms with E-state index in [1.807, 2.05) is 12.2 Å². The Morgan fingerprint density at radius 3 is 3.18 bits per heavy atom. The number of rotatable bonds is 0. The van der Waals surface area contributed by atoms with E-state index in [1.165, 1.54) is 25.0 Å². The average Bonchev–Trinajstić information content (AvgIpc) is 2.76. The highest BCUT2D eigenvalue weighted by Gasteiger charge is 2.20. The van der Waals surface area contributed by atoms with Gasteiger partial charge < -0.3 is 4.74 Å². The number of hydrogen-bond donors (Lipinski definition) is 0. The Morgan fingerprint density at radius 2 is 2.18 bits per heavy atom. The van der Waals surface area contributed by atoms with E-state index < -0.39 is 0 Å². The maximum Gasteiger partial charge on any atom is 0.165 e. The van der Waals surface area contributed by atoms with Crippen molar-refractivity contribution in [3.05, 3.63) is 35.8 Å². The molecule has 0 aromatic rings. The highest BCUT2D eigenvalue weighted by molar-refractivity contribution is 5.31. The zero-order chi connectivity index (χ0) is 7.52. The summed E-state index contributed by atoms with van der Waals surface area (Å²) in [5.41, 5.74) is 0. The van der Waals surface area contributed by atoms with Crippen LogP contribution in [0, 0.1) is 0 Å². The van der Waals surface area contributed by atoms with Gasteiger partial charge in [0.15, 0.2) is 5.76 Å². The molecule has 1 heterocycles. The van der Waals surface area contributed by atoms with E-state index in [1.54, 1.807) is 0 Å². The van der Waals surface area contributed by atoms with Crippen LogP contribution in [0.15, 0.2) is 35.8 Å². The molecule has 1 heteroatoms. The molecule has 0 aromatic heterocycles. The smallest absolute Gasteiger partial charge is 0.165 e. The summed E-state index contributed by atoms with van der Waals surface area (Å²) in [7, 11) is 0. The van der Waals surface area contributed by atoms with Crippen LogP contribution in [-0.2, 0) is 4.74 Å². The van der Waals surface area contributed by atoms with E-state index in [4.69, 9.17) is 4.74 Å². The molecule has 0 fully saturated rings. The van der Waals surface area contributed by atoms with Crippen molar-refractivity contribution in [2.75, 3.05) is 0 Å². The van der Waals surface area contributed by atoms with Crippen LogP contribution in [0.4, 0.5) is 0 Å². The molecule has 0 radical (unpaired) electrons. The maximum atomic E-state index is 5.26. The molecular weight excluding hydrogens is 136 g/mol. The average molecular weight is 148 g/mol. The highest BCUT2D eigenvalue weighted by atomic mass is 16.6. The molecule has 2 aliphatic rings. The Hall–Kier alpha value is -0.980. The van der Waals surface area contributed by atoms with Gasteiger partial charge in [-0.3, -0.25) is 0 Å². The lowest BCUT2D eigenvalue weighted by atomic mass is 10.1. The third-order valence-corrected chi connectivity index (χ3v) is 1.99. The van der Waals surface area contributed by atoms with Crippen molar-refractivity contribution in [1.29, 1.82) is 0 Å². The van der Waals surface area contributed by atoms with Gasteiger partial charge in [-0.25, -0.2) is 0 Å². The first-order chi connectivity index (χ1) is 5.47. The second-order valence-electron chi connectivity index (χ2n) is 2.92. The van der Waals surface area contributed by atoms with Gasteiger partial charge in [0, 0.05) is 6.42 Å². The Bertz CT molecular complexity index is 233. The first-order valence-corrected chi connectivity index (χ1v) is 4.21. The lowest BCUT2D eigenvalue weighted by molar-refractivity contribution is 0.457. The van der Waals surface area contributed by atoms with Crippen LogP contribution in [0.3, 0.4) is 0 Å². The number of hydrogen-bond acceptors (Lipinski definition) is 1. The molecule has 0 atom stereocenters. The van der Waals surface area contributed by atoms with Crippen LogP contribution in [-0.4, -0.2) is 0 Å². The summed E-state index contributed by atoms with van der Waals surface area (Å²) < 4.78 is 5.26. The highest BCUT2D eigenvalue weighted by Crippen LogP contribution is 2.32. The summed E-state index contributed by atoms with van der Waals surface area (Å²) in [6, 6.07) is 0. The molecule has 0 saturated heterocycles. The Labute approximate surface area is 67.1 Å². The SMILES string of the molecule is C1=CCCCCC2=C(C=C1)O2. The van der Waals surface area contributed by atoms with Crippen molar-refractivity contribution in [3.8, 4) is 0 Å². The van der Waals surface area contributed by atoms with Gasteiger partial charge >= 0.3 is 0 Å². The second kappa shape index (κ2) is 2.95. The minimum absolute atomic E-state index is 1.09. The van der Waals surface area contributed by atoms with E-state index >= 15 is 0 Å². The van der Waals surface area contributed by atoms with Gasteiger partial charge in [-0.2, -0.15) is 0 Å². The molecule has 1 nitrogen and oxygen atoms in total. The normalized spacial score (nSPS) is 22.5. The first-order valence-electron chi connectivity index (χ1n) is 4.21. The topological polar surface area (TPSA) is 12.5 Å². The van der Waals surface area contributed by atoms with Gasteiger partial charge in [-0.1, -0.05) is 18.2 Å². The standard InChI is InChI=1S/C10H12O/c1-2-4-6-8-10-9(11-10)7-5-3-1/h1,3,5,7H,2,4,6,8H2. The molecule has 58 valence electrons. The van der Waals surface area contributed by atoms with Crippen molar-refractivity contribution < 1.29 is 4.74 Å². The fourth-order valence-electron chi connectivity index (χ4n) is 1.27. The van der Waals surface area contributed by atoms with E-state index in [0.717, 1.165) is 12.2 Å². The fourth-order valence-corrected chi connectivity index (χ4v) is 1.27. The maximum absolute atomic E-state index is 5.26. The van der Waals surface area contributed by atoms with Crippen molar-refractivity contribution in [1.82, 2.24) is 0 Å². The van der Waals surface area contributed by atoms with E-state index in [2.05, 4.69) is 12.2 Å². The number of allylic oxidation sites excluding steroid dienone is 5. The monoisotopic (exact) mass is 148 g/mol. The third kappa shape index (κ3) is 1.73. The van der Waals surface area contributed by atoms with Gasteiger partial charge in [0.25, 0.3) is 0 Å². The quantitative estimate of drug-likeness (QED) is 0.514. The summed E-state index contributed by atoms with van der Waals surface area (Å²) in [6.45, 7) is 0. The molecule has 11 heavy (non-hydrogen) atoms. The first kappa shape index (κ1) is 6.71. The van der Waals surface area contributed by atoms with Crippen LogP contribution < -0.4 is 0 Å². The fraction of sp³-hybridized carbons (Fsp3) is 0.400. The zero-order valence-electron chi connectivity index (χ0n) is 6.55. The van der Waals surface area contributed by atoms with Crippen LogP contribution in [0.25, 0.3) is 0 Å². The second-order valence-corrected chi connectivity index (χ2v) is 2.92. The summed E-state index contributed by atoms with van der Waals surface area (Å²) in [4.78, 5) is 0. The summed E-state index contributed by atoms with van der Waals surface area (Å²) in [5.74, 6) is 2.30. The van der Waals surface area contributed by atoms with Crippen LogP contribution in [0.5, 0.6) is 0 Å². The summed E-state index contributed by atoms with van der Waals surface area (Å²) >= 11 is 0. The third-order valence-electron chi connectivity index (χ3n) is 1.99. The van der Waals surface area contributed by atoms with Crippen LogP contribution >= 0.6 is 0 Å². The van der Waals surface area contributed by atoms with Crippen molar-refractivity contribution in [2.24, 2.45) is 0 Å². The molecule has 2 rings (SSSR count). The molecule has 0 saturated carbocycles. The molecular formula is C10H12O. The van der Waals surface area contributed by atoms with Crippen molar-refractivity contribution in [3.63, 3.8) is 0 Å². The van der Waals surface area contributed by atoms with E-state index in [-0.39, 0.29) is 0 Å². The van der Waals surface area contributed by atoms with Gasteiger partial charge in [0.05, 0.1) is 0 Å². The van der Waals surface area contributed by atoms with Gasteiger partial charge in [0.2, 0.25) is 0 Å². The van der Waals surface area contributed by atoms with Crippen molar-refractivity contribution in [2.45, 2.75) is 25.7 Å². The lowest BCUT2D eigenvalue weighted by Gasteiger charge is -1.91. The van der Waals surface area contributed by atoms with Gasteiger partial charge in [0.1, 0.15) is 5.76 Å². The molecule has 0 bridgehead atoms. The van der Waals surface area contributed by atoms with E-state index in [0.29, 0.717) is 0 Å². The predicted octanol–water partition coefficient (Wildman–Crippen LogP) is 2.91. The Morgan fingerprint density at radius 1 is 1.18 bits per heavy atom. The Balaban J connectivity index is 2.03. The van der Waals surface area contributed by atoms with Gasteiger partial charge in [-0.15, -0.1) is 0 Å². The van der Waals surface area contributed by atoms with Gasteiger partial charge in [-0.05, 0) is 25.3 Å². The summed E-state index contributed by atoms with van der Waals surface area (Å²) in [6.07, 6.45) is 13.3. The molecule has 0 unspecified atom stereocenters. The minimum Gasteiger partial charge on any atom is -0.454 e. The Kier molecular flexibility index (Phi) is 1.80. The van der Waals surface area contributed by atoms with Crippen LogP contribution in [0.1, 0.15) is 25.7 Å². The van der Waals surface area contributed by atoms with Crippen LogP contribution in [0.2, 0.25) is 0 Å². The lowest BCUT2D eigenvalue weighted by Crippen LogP contribution is -1.74. The van der Waals surface area contributed by atoms with Crippen molar-refractivity contribution >= 4 is 0 Å². The summed E-state index contributed by atoms with van der Waals surface area (Å²) in [5, 5.41) is 0. The molecule has 0 amide bonds. The largest absolute Gasteiger partial charge is 0.454 e. The zero-order valence-corrected chi connectivity index (χ0v) is 6.55. The molecule has 1 aliphatic heterocycles. The predicted molar refractivity (Wildman–Crippen MR) is 44.9 cm³/mol. The minimum atomic E-state index is 1.09. The molecule has 0 N–H and O–H groups in total. The molecule has 0 aromatic carbocycles. The molecule has 1 aliphatic carbocycles.